The van der Waals surface area contributed by atoms with Crippen LogP contribution in [-0.4, -0.2) is 11.7 Å². The van der Waals surface area contributed by atoms with E-state index in [1.165, 1.54) is 0 Å². The van der Waals surface area contributed by atoms with Crippen LogP contribution in [0.3, 0.4) is 0 Å². The van der Waals surface area contributed by atoms with Crippen molar-refractivity contribution in [3.8, 4) is 0 Å². The molecule has 1 amide bonds. The van der Waals surface area contributed by atoms with Crippen LogP contribution in [0.2, 0.25) is 0 Å². The Balaban J connectivity index is 1.96. The lowest BCUT2D eigenvalue weighted by Crippen LogP contribution is -2.44. The third-order valence-corrected chi connectivity index (χ3v) is 6.44. The second-order valence-corrected chi connectivity index (χ2v) is 7.32. The molecule has 0 spiro atoms. The van der Waals surface area contributed by atoms with Crippen molar-refractivity contribution in [1.82, 2.24) is 0 Å². The molecule has 2 bridgehead atoms. The summed E-state index contributed by atoms with van der Waals surface area (Å²) in [5.74, 6) is 0.941. The van der Waals surface area contributed by atoms with E-state index in [-0.39, 0.29) is 22.5 Å². The van der Waals surface area contributed by atoms with Gasteiger partial charge in [-0.25, -0.2) is 15.1 Å². The summed E-state index contributed by atoms with van der Waals surface area (Å²) in [6.07, 6.45) is 3.77. The standard InChI is InChI=1S/C17H22N2O2/c1-11-6-5-9-18-13(11)19-14(21)17-8-7-16(4,12(20)10-17)15(17,2)3/h5-6,9H,7-8,10H2,1-4H3,(H,18,19,21)/p+1. The first-order valence-electron chi connectivity index (χ1n) is 7.57. The van der Waals surface area contributed by atoms with E-state index in [0.29, 0.717) is 6.42 Å². The maximum Gasteiger partial charge on any atom is 0.314 e. The monoisotopic (exact) mass is 287 g/mol. The molecule has 0 aromatic carbocycles. The van der Waals surface area contributed by atoms with Gasteiger partial charge in [-0.1, -0.05) is 20.8 Å². The first-order valence-corrected chi connectivity index (χ1v) is 7.57. The van der Waals surface area contributed by atoms with E-state index in [2.05, 4.69) is 24.1 Å². The Hall–Kier alpha value is -1.71. The van der Waals surface area contributed by atoms with Gasteiger partial charge >= 0.3 is 5.91 Å². The summed E-state index contributed by atoms with van der Waals surface area (Å²) < 4.78 is 0. The zero-order chi connectivity index (χ0) is 15.5. The second-order valence-electron chi connectivity index (χ2n) is 7.32. The van der Waals surface area contributed by atoms with Gasteiger partial charge in [-0.15, -0.1) is 0 Å². The zero-order valence-corrected chi connectivity index (χ0v) is 13.2. The van der Waals surface area contributed by atoms with E-state index in [0.717, 1.165) is 24.2 Å². The minimum absolute atomic E-state index is 0.0207. The average Bonchev–Trinajstić information content (AvgIpc) is 2.72. The Bertz CT molecular complexity index is 637. The van der Waals surface area contributed by atoms with Crippen molar-refractivity contribution in [1.29, 1.82) is 0 Å². The molecule has 0 saturated heterocycles. The molecule has 2 unspecified atom stereocenters. The number of aryl methyl sites for hydroxylation is 1. The normalized spacial score (nSPS) is 33.2. The van der Waals surface area contributed by atoms with Crippen molar-refractivity contribution >= 4 is 17.5 Å². The first kappa shape index (κ1) is 14.2. The molecule has 0 radical (unpaired) electrons. The van der Waals surface area contributed by atoms with E-state index in [4.69, 9.17) is 0 Å². The maximum absolute atomic E-state index is 13.0. The number of carbonyl (C=O) groups is 2. The summed E-state index contributed by atoms with van der Waals surface area (Å²) >= 11 is 0. The summed E-state index contributed by atoms with van der Waals surface area (Å²) in [4.78, 5) is 28.5. The maximum atomic E-state index is 13.0. The van der Waals surface area contributed by atoms with Crippen molar-refractivity contribution in [3.63, 3.8) is 0 Å². The molecule has 1 aromatic rings. The Labute approximate surface area is 125 Å². The second kappa shape index (κ2) is 4.15. The minimum atomic E-state index is -0.574. The fourth-order valence-corrected chi connectivity index (χ4v) is 4.25. The van der Waals surface area contributed by atoms with Crippen LogP contribution in [0.5, 0.6) is 0 Å². The molecule has 4 nitrogen and oxygen atoms in total. The van der Waals surface area contributed by atoms with Crippen LogP contribution in [0.4, 0.5) is 5.82 Å². The molecule has 2 aliphatic carbocycles. The van der Waals surface area contributed by atoms with Crippen molar-refractivity contribution in [2.75, 3.05) is 5.32 Å². The topological polar surface area (TPSA) is 60.3 Å². The highest BCUT2D eigenvalue weighted by Crippen LogP contribution is 2.70. The smallest absolute Gasteiger partial charge is 0.299 e. The molecule has 2 aliphatic rings. The molecular formula is C17H23N2O2+. The Morgan fingerprint density at radius 3 is 2.52 bits per heavy atom. The van der Waals surface area contributed by atoms with Crippen molar-refractivity contribution in [2.24, 2.45) is 16.2 Å². The van der Waals surface area contributed by atoms with Crippen LogP contribution >= 0.6 is 0 Å². The summed E-state index contributed by atoms with van der Waals surface area (Å²) in [7, 11) is 0. The van der Waals surface area contributed by atoms with E-state index in [9.17, 15) is 9.59 Å². The molecule has 4 heteroatoms. The number of H-pyrrole nitrogens is 1. The number of amides is 1. The number of anilines is 1. The van der Waals surface area contributed by atoms with Crippen LogP contribution in [0, 0.1) is 23.2 Å². The predicted octanol–water partition coefficient (Wildman–Crippen LogP) is 2.53. The lowest BCUT2D eigenvalue weighted by Gasteiger charge is -2.37. The van der Waals surface area contributed by atoms with Crippen LogP contribution in [0.25, 0.3) is 0 Å². The fourth-order valence-electron chi connectivity index (χ4n) is 4.25. The number of rotatable bonds is 2. The molecule has 0 aliphatic heterocycles. The number of fused-ring (bicyclic) bond motifs is 2. The summed E-state index contributed by atoms with van der Waals surface area (Å²) in [5.41, 5.74) is -0.247. The number of pyridine rings is 1. The lowest BCUT2D eigenvalue weighted by molar-refractivity contribution is -0.361. The van der Waals surface area contributed by atoms with Gasteiger partial charge in [0.2, 0.25) is 0 Å². The van der Waals surface area contributed by atoms with Crippen LogP contribution in [0.15, 0.2) is 18.3 Å². The first-order chi connectivity index (χ1) is 9.74. The zero-order valence-electron chi connectivity index (χ0n) is 13.2. The van der Waals surface area contributed by atoms with Gasteiger partial charge < -0.3 is 0 Å². The number of aromatic amines is 1. The molecule has 2 N–H and O–H groups in total. The molecule has 2 saturated carbocycles. The van der Waals surface area contributed by atoms with E-state index >= 15 is 0 Å². The van der Waals surface area contributed by atoms with Gasteiger partial charge in [-0.05, 0) is 37.3 Å². The lowest BCUT2D eigenvalue weighted by atomic mass is 9.64. The van der Waals surface area contributed by atoms with E-state index < -0.39 is 5.41 Å². The largest absolute Gasteiger partial charge is 0.314 e. The fraction of sp³-hybridized carbons (Fsp3) is 0.588. The van der Waals surface area contributed by atoms with Crippen LogP contribution in [0.1, 0.15) is 45.6 Å². The Morgan fingerprint density at radius 1 is 1.29 bits per heavy atom. The third kappa shape index (κ3) is 1.59. The highest BCUT2D eigenvalue weighted by atomic mass is 16.2. The number of hydrogen-bond donors (Lipinski definition) is 1. The molecular weight excluding hydrogens is 264 g/mol. The number of nitrogens with one attached hydrogen (secondary N) is 2. The van der Waals surface area contributed by atoms with Gasteiger partial charge in [0.1, 0.15) is 5.78 Å². The molecule has 2 atom stereocenters. The molecule has 21 heavy (non-hydrogen) atoms. The van der Waals surface area contributed by atoms with Gasteiger partial charge in [-0.3, -0.25) is 4.79 Å². The van der Waals surface area contributed by atoms with E-state index in [1.54, 1.807) is 6.20 Å². The van der Waals surface area contributed by atoms with Crippen molar-refractivity contribution in [2.45, 2.75) is 47.0 Å². The number of ketones is 1. The Morgan fingerprint density at radius 2 is 2.00 bits per heavy atom. The van der Waals surface area contributed by atoms with Gasteiger partial charge in [0.15, 0.2) is 0 Å². The summed E-state index contributed by atoms with van der Waals surface area (Å²) in [6, 6.07) is 3.85. The number of Topliss-reactive ketones (excluding diaryl/α,β-unsaturated/α-hetero) is 1. The van der Waals surface area contributed by atoms with Gasteiger partial charge in [0, 0.05) is 17.4 Å². The SMILES string of the molecule is Cc1ccc[nH+]c1NC(=O)C12CCC(C)(C(=O)C1)C2(C)C. The molecule has 2 fully saturated rings. The number of aromatic nitrogens is 1. The highest BCUT2D eigenvalue weighted by molar-refractivity contribution is 6.04. The third-order valence-electron chi connectivity index (χ3n) is 6.44. The number of carbonyl (C=O) groups excluding carboxylic acids is 2. The Kier molecular flexibility index (Phi) is 2.81. The van der Waals surface area contributed by atoms with Crippen LogP contribution in [-0.2, 0) is 9.59 Å². The summed E-state index contributed by atoms with van der Waals surface area (Å²) in [6.45, 7) is 8.13. The predicted molar refractivity (Wildman–Crippen MR) is 79.5 cm³/mol. The summed E-state index contributed by atoms with van der Waals surface area (Å²) in [5, 5.41) is 3.02. The quantitative estimate of drug-likeness (QED) is 0.908. The van der Waals surface area contributed by atoms with Gasteiger partial charge in [-0.2, -0.15) is 0 Å². The van der Waals surface area contributed by atoms with Crippen molar-refractivity contribution in [3.05, 3.63) is 23.9 Å². The van der Waals surface area contributed by atoms with Crippen molar-refractivity contribution < 1.29 is 14.6 Å². The van der Waals surface area contributed by atoms with Gasteiger partial charge in [0.25, 0.3) is 5.82 Å². The molecule has 1 aromatic heterocycles. The highest BCUT2D eigenvalue weighted by Gasteiger charge is 2.73. The van der Waals surface area contributed by atoms with E-state index in [1.807, 2.05) is 26.0 Å². The number of hydrogen-bond acceptors (Lipinski definition) is 2. The van der Waals surface area contributed by atoms with Gasteiger partial charge in [0.05, 0.1) is 11.6 Å². The average molecular weight is 287 g/mol. The minimum Gasteiger partial charge on any atom is -0.299 e. The molecule has 1 heterocycles. The molecule has 3 rings (SSSR count). The molecule has 112 valence electrons. The van der Waals surface area contributed by atoms with Crippen LogP contribution < -0.4 is 10.3 Å².